The largest absolute Gasteiger partial charge is 0.504 e. The summed E-state index contributed by atoms with van der Waals surface area (Å²) in [6, 6.07) is 9.88. The number of hydrogen-bond donors (Lipinski definition) is 2. The van der Waals surface area contributed by atoms with Gasteiger partial charge in [-0.25, -0.2) is 0 Å². The normalized spacial score (nSPS) is 24.2. The van der Waals surface area contributed by atoms with Gasteiger partial charge in [-0.1, -0.05) is 35.9 Å². The Hall–Kier alpha value is -2.13. The molecule has 3 atom stereocenters. The molecule has 2 aromatic carbocycles. The summed E-state index contributed by atoms with van der Waals surface area (Å²) in [5.74, 6) is 1.51. The Morgan fingerprint density at radius 3 is 2.88 bits per heavy atom. The summed E-state index contributed by atoms with van der Waals surface area (Å²) in [5, 5.41) is 14.4. The number of nitrogens with one attached hydrogen (secondary N) is 1. The summed E-state index contributed by atoms with van der Waals surface area (Å²) in [6.07, 6.45) is 5.61. The van der Waals surface area contributed by atoms with Crippen molar-refractivity contribution in [3.63, 3.8) is 0 Å². The second-order valence-electron chi connectivity index (χ2n) is 6.54. The molecule has 0 bridgehead atoms. The SMILES string of the molecule is COc1cc(C2Nc3c(ccc(Cl)c3C)C3C=CCC32)ccc1O. The number of aromatic hydroxyl groups is 1. The summed E-state index contributed by atoms with van der Waals surface area (Å²) in [6.45, 7) is 2.06. The van der Waals surface area contributed by atoms with Crippen LogP contribution >= 0.6 is 11.6 Å². The average Bonchev–Trinajstić information content (AvgIpc) is 3.08. The molecule has 1 aliphatic heterocycles. The van der Waals surface area contributed by atoms with Gasteiger partial charge in [0.2, 0.25) is 0 Å². The first-order valence-electron chi connectivity index (χ1n) is 8.19. The molecule has 1 aliphatic carbocycles. The number of ether oxygens (including phenoxy) is 1. The molecule has 4 rings (SSSR count). The van der Waals surface area contributed by atoms with Gasteiger partial charge in [0.05, 0.1) is 13.2 Å². The zero-order chi connectivity index (χ0) is 16.8. The number of methoxy groups -OCH3 is 1. The molecule has 4 heteroatoms. The molecule has 0 saturated heterocycles. The Bertz CT molecular complexity index is 831. The van der Waals surface area contributed by atoms with Gasteiger partial charge in [-0.3, -0.25) is 0 Å². The van der Waals surface area contributed by atoms with E-state index in [9.17, 15) is 5.11 Å². The third-order valence-electron chi connectivity index (χ3n) is 5.29. The summed E-state index contributed by atoms with van der Waals surface area (Å²) in [7, 11) is 1.58. The molecule has 0 radical (unpaired) electrons. The lowest BCUT2D eigenvalue weighted by Crippen LogP contribution is -2.29. The third-order valence-corrected chi connectivity index (χ3v) is 5.70. The topological polar surface area (TPSA) is 41.5 Å². The van der Waals surface area contributed by atoms with E-state index < -0.39 is 0 Å². The van der Waals surface area contributed by atoms with Crippen molar-refractivity contribution in [2.45, 2.75) is 25.3 Å². The minimum atomic E-state index is 0.157. The molecular formula is C20H20ClNO2. The number of rotatable bonds is 2. The minimum Gasteiger partial charge on any atom is -0.504 e. The predicted octanol–water partition coefficient (Wildman–Crippen LogP) is 5.19. The molecule has 3 nitrogen and oxygen atoms in total. The molecule has 2 aromatic rings. The van der Waals surface area contributed by atoms with Gasteiger partial charge in [0.15, 0.2) is 11.5 Å². The summed E-state index contributed by atoms with van der Waals surface area (Å²) < 4.78 is 5.29. The van der Waals surface area contributed by atoms with Gasteiger partial charge < -0.3 is 15.2 Å². The van der Waals surface area contributed by atoms with Gasteiger partial charge in [0.1, 0.15) is 0 Å². The highest BCUT2D eigenvalue weighted by molar-refractivity contribution is 6.31. The van der Waals surface area contributed by atoms with Gasteiger partial charge in [-0.2, -0.15) is 0 Å². The Labute approximate surface area is 146 Å². The molecule has 1 heterocycles. The van der Waals surface area contributed by atoms with Crippen molar-refractivity contribution in [1.29, 1.82) is 0 Å². The third kappa shape index (κ3) is 2.27. The number of benzene rings is 2. The van der Waals surface area contributed by atoms with Crippen LogP contribution in [-0.2, 0) is 0 Å². The van der Waals surface area contributed by atoms with Crippen LogP contribution in [-0.4, -0.2) is 12.2 Å². The van der Waals surface area contributed by atoms with Crippen LogP contribution in [0, 0.1) is 12.8 Å². The number of halogens is 1. The monoisotopic (exact) mass is 341 g/mol. The fourth-order valence-corrected chi connectivity index (χ4v) is 4.16. The van der Waals surface area contributed by atoms with Gasteiger partial charge in [-0.05, 0) is 54.2 Å². The zero-order valence-electron chi connectivity index (χ0n) is 13.7. The van der Waals surface area contributed by atoms with E-state index >= 15 is 0 Å². The summed E-state index contributed by atoms with van der Waals surface area (Å²) in [4.78, 5) is 0. The summed E-state index contributed by atoms with van der Waals surface area (Å²) >= 11 is 6.34. The van der Waals surface area contributed by atoms with Crippen LogP contribution in [0.4, 0.5) is 5.69 Å². The first-order valence-corrected chi connectivity index (χ1v) is 8.57. The van der Waals surface area contributed by atoms with Gasteiger partial charge in [-0.15, -0.1) is 0 Å². The highest BCUT2D eigenvalue weighted by Crippen LogP contribution is 2.51. The van der Waals surface area contributed by atoms with Crippen molar-refractivity contribution in [3.05, 3.63) is 64.2 Å². The zero-order valence-corrected chi connectivity index (χ0v) is 14.5. The van der Waals surface area contributed by atoms with E-state index in [-0.39, 0.29) is 11.8 Å². The van der Waals surface area contributed by atoms with Crippen LogP contribution in [0.3, 0.4) is 0 Å². The molecule has 0 saturated carbocycles. The number of allylic oxidation sites excluding steroid dienone is 2. The maximum absolute atomic E-state index is 9.88. The molecule has 124 valence electrons. The van der Waals surface area contributed by atoms with Crippen LogP contribution in [0.5, 0.6) is 11.5 Å². The Kier molecular flexibility index (Phi) is 3.69. The number of phenolic OH excluding ortho intramolecular Hbond substituents is 1. The van der Waals surface area contributed by atoms with Crippen molar-refractivity contribution in [1.82, 2.24) is 0 Å². The van der Waals surface area contributed by atoms with Crippen molar-refractivity contribution < 1.29 is 9.84 Å². The number of phenols is 1. The first-order chi connectivity index (χ1) is 11.6. The van der Waals surface area contributed by atoms with Gasteiger partial charge in [0.25, 0.3) is 0 Å². The Morgan fingerprint density at radius 2 is 2.08 bits per heavy atom. The maximum atomic E-state index is 9.88. The molecule has 2 N–H and O–H groups in total. The summed E-state index contributed by atoms with van der Waals surface area (Å²) in [5.41, 5.74) is 4.65. The molecule has 0 spiro atoms. The predicted molar refractivity (Wildman–Crippen MR) is 97.2 cm³/mol. The van der Waals surface area contributed by atoms with Gasteiger partial charge >= 0.3 is 0 Å². The van der Waals surface area contributed by atoms with Crippen LogP contribution in [0.2, 0.25) is 5.02 Å². The second-order valence-corrected chi connectivity index (χ2v) is 6.95. The standard InChI is InChI=1S/C20H20ClNO2/c1-11-16(21)8-7-15-13-4-3-5-14(13)20(22-19(11)15)12-6-9-17(23)18(10-12)24-2/h3-4,6-10,13-14,20,22-23H,5H2,1-2H3. The lowest BCUT2D eigenvalue weighted by Gasteiger charge is -2.38. The highest BCUT2D eigenvalue weighted by atomic mass is 35.5. The quantitative estimate of drug-likeness (QED) is 0.739. The second kappa shape index (κ2) is 5.75. The van der Waals surface area contributed by atoms with Crippen molar-refractivity contribution in [3.8, 4) is 11.5 Å². The Morgan fingerprint density at radius 1 is 1.25 bits per heavy atom. The lowest BCUT2D eigenvalue weighted by molar-refractivity contribution is 0.370. The van der Waals surface area contributed by atoms with Crippen molar-refractivity contribution >= 4 is 17.3 Å². The molecule has 3 unspecified atom stereocenters. The maximum Gasteiger partial charge on any atom is 0.160 e. The van der Waals surface area contributed by atoms with E-state index in [0.717, 1.165) is 28.3 Å². The number of hydrogen-bond acceptors (Lipinski definition) is 3. The average molecular weight is 342 g/mol. The van der Waals surface area contributed by atoms with E-state index in [0.29, 0.717) is 17.6 Å². The van der Waals surface area contributed by atoms with Crippen LogP contribution < -0.4 is 10.1 Å². The number of fused-ring (bicyclic) bond motifs is 3. The lowest BCUT2D eigenvalue weighted by atomic mass is 9.76. The van der Waals surface area contributed by atoms with E-state index in [2.05, 4.69) is 30.5 Å². The van der Waals surface area contributed by atoms with E-state index in [1.165, 1.54) is 5.56 Å². The Balaban J connectivity index is 1.82. The molecule has 2 aliphatic rings. The fraction of sp³-hybridized carbons (Fsp3) is 0.300. The molecule has 0 amide bonds. The first kappa shape index (κ1) is 15.4. The van der Waals surface area contributed by atoms with E-state index in [4.69, 9.17) is 16.3 Å². The molecule has 24 heavy (non-hydrogen) atoms. The van der Waals surface area contributed by atoms with E-state index in [1.54, 1.807) is 13.2 Å². The van der Waals surface area contributed by atoms with Crippen molar-refractivity contribution in [2.24, 2.45) is 5.92 Å². The van der Waals surface area contributed by atoms with Crippen molar-refractivity contribution in [2.75, 3.05) is 12.4 Å². The minimum absolute atomic E-state index is 0.157. The van der Waals surface area contributed by atoms with Crippen LogP contribution in [0.25, 0.3) is 0 Å². The van der Waals surface area contributed by atoms with Crippen LogP contribution in [0.1, 0.15) is 35.1 Å². The molecule has 0 fully saturated rings. The molecular weight excluding hydrogens is 322 g/mol. The highest BCUT2D eigenvalue weighted by Gasteiger charge is 2.38. The smallest absolute Gasteiger partial charge is 0.160 e. The van der Waals surface area contributed by atoms with Gasteiger partial charge in [0, 0.05) is 16.6 Å². The van der Waals surface area contributed by atoms with E-state index in [1.807, 2.05) is 18.2 Å². The van der Waals surface area contributed by atoms with Crippen LogP contribution in [0.15, 0.2) is 42.5 Å². The number of anilines is 1. The molecule has 0 aromatic heterocycles. The fourth-order valence-electron chi connectivity index (χ4n) is 4.01.